The first-order chi connectivity index (χ1) is 16.0. The van der Waals surface area contributed by atoms with Gasteiger partial charge in [0.05, 0.1) is 23.6 Å². The molecule has 1 aromatic carbocycles. The number of hydrogen-bond acceptors (Lipinski definition) is 7. The number of H-pyrrole nitrogens is 1. The summed E-state index contributed by atoms with van der Waals surface area (Å²) in [7, 11) is 0. The maximum absolute atomic E-state index is 13.5. The molecule has 0 saturated carbocycles. The van der Waals surface area contributed by atoms with Crippen molar-refractivity contribution >= 4 is 27.9 Å². The van der Waals surface area contributed by atoms with E-state index in [-0.39, 0.29) is 23.7 Å². The number of rotatable bonds is 4. The highest BCUT2D eigenvalue weighted by atomic mass is 16.1. The number of imidazole rings is 1. The number of nitrogens with one attached hydrogen (secondary N) is 1. The lowest BCUT2D eigenvalue weighted by atomic mass is 10.1. The van der Waals surface area contributed by atoms with Crippen LogP contribution >= 0.6 is 0 Å². The quantitative estimate of drug-likeness (QED) is 0.446. The monoisotopic (exact) mass is 444 g/mol. The van der Waals surface area contributed by atoms with Gasteiger partial charge in [0, 0.05) is 19.1 Å². The van der Waals surface area contributed by atoms with Crippen molar-refractivity contribution in [1.82, 2.24) is 29.3 Å². The average Bonchev–Trinajstić information content (AvgIpc) is 3.19. The molecule has 10 nitrogen and oxygen atoms in total. The molecule has 0 aliphatic carbocycles. The SMILES string of the molecule is CC#CCn1c(N2CCC[C@@H](N)C2)nc2cnn(Cc3nc4ccccc4c(=O)[nH]3)c(=O)c21. The summed E-state index contributed by atoms with van der Waals surface area (Å²) in [5, 5.41) is 4.79. The number of para-hydroxylation sites is 1. The van der Waals surface area contributed by atoms with Gasteiger partial charge in [0.25, 0.3) is 11.1 Å². The van der Waals surface area contributed by atoms with Gasteiger partial charge in [-0.3, -0.25) is 14.2 Å². The second kappa shape index (κ2) is 8.52. The molecule has 0 unspecified atom stereocenters. The zero-order valence-electron chi connectivity index (χ0n) is 18.3. The van der Waals surface area contributed by atoms with Crippen LogP contribution in [0.15, 0.2) is 40.1 Å². The molecule has 168 valence electrons. The van der Waals surface area contributed by atoms with E-state index in [1.165, 1.54) is 4.68 Å². The van der Waals surface area contributed by atoms with E-state index in [0.29, 0.717) is 46.8 Å². The minimum absolute atomic E-state index is 0.0312. The molecule has 4 aromatic rings. The summed E-state index contributed by atoms with van der Waals surface area (Å²) in [6, 6.07) is 7.14. The highest BCUT2D eigenvalue weighted by Crippen LogP contribution is 2.23. The highest BCUT2D eigenvalue weighted by molar-refractivity contribution is 5.78. The smallest absolute Gasteiger partial charge is 0.293 e. The van der Waals surface area contributed by atoms with Gasteiger partial charge in [-0.25, -0.2) is 14.6 Å². The first-order valence-corrected chi connectivity index (χ1v) is 10.9. The Morgan fingerprint density at radius 2 is 2.06 bits per heavy atom. The summed E-state index contributed by atoms with van der Waals surface area (Å²) in [5.74, 6) is 6.97. The summed E-state index contributed by atoms with van der Waals surface area (Å²) in [5.41, 5.74) is 7.10. The first-order valence-electron chi connectivity index (χ1n) is 10.9. The van der Waals surface area contributed by atoms with Crippen LogP contribution in [-0.2, 0) is 13.1 Å². The number of anilines is 1. The number of benzene rings is 1. The molecule has 1 aliphatic rings. The number of fused-ring (bicyclic) bond motifs is 2. The van der Waals surface area contributed by atoms with Crippen LogP contribution in [0.2, 0.25) is 0 Å². The number of aromatic amines is 1. The van der Waals surface area contributed by atoms with Crippen molar-refractivity contribution in [3.63, 3.8) is 0 Å². The van der Waals surface area contributed by atoms with Crippen LogP contribution in [-0.4, -0.2) is 48.4 Å². The molecule has 0 spiro atoms. The lowest BCUT2D eigenvalue weighted by Gasteiger charge is -2.31. The Bertz CT molecular complexity index is 1520. The molecular formula is C23H24N8O2. The molecule has 1 fully saturated rings. The van der Waals surface area contributed by atoms with E-state index in [9.17, 15) is 9.59 Å². The van der Waals surface area contributed by atoms with E-state index in [2.05, 4.69) is 31.8 Å². The van der Waals surface area contributed by atoms with Crippen molar-refractivity contribution in [2.24, 2.45) is 5.73 Å². The Balaban J connectivity index is 1.60. The fraction of sp³-hybridized carbons (Fsp3) is 0.348. The van der Waals surface area contributed by atoms with Gasteiger partial charge in [0.15, 0.2) is 0 Å². The van der Waals surface area contributed by atoms with Gasteiger partial charge < -0.3 is 15.6 Å². The van der Waals surface area contributed by atoms with E-state index in [1.807, 2.05) is 10.6 Å². The van der Waals surface area contributed by atoms with Crippen molar-refractivity contribution in [1.29, 1.82) is 0 Å². The molecule has 1 aliphatic heterocycles. The lowest BCUT2D eigenvalue weighted by molar-refractivity contribution is 0.496. The first kappa shape index (κ1) is 20.9. The van der Waals surface area contributed by atoms with Crippen LogP contribution in [0.25, 0.3) is 21.9 Å². The minimum Gasteiger partial charge on any atom is -0.341 e. The Kier molecular flexibility index (Phi) is 5.40. The van der Waals surface area contributed by atoms with Crippen LogP contribution in [0.3, 0.4) is 0 Å². The fourth-order valence-corrected chi connectivity index (χ4v) is 4.28. The normalized spacial score (nSPS) is 16.2. The summed E-state index contributed by atoms with van der Waals surface area (Å²) in [6.07, 6.45) is 3.50. The third kappa shape index (κ3) is 3.87. The molecule has 0 radical (unpaired) electrons. The Morgan fingerprint density at radius 3 is 2.88 bits per heavy atom. The Labute approximate surface area is 189 Å². The number of hydrogen-bond donors (Lipinski definition) is 2. The average molecular weight is 444 g/mol. The van der Waals surface area contributed by atoms with Gasteiger partial charge in [0.2, 0.25) is 5.95 Å². The molecule has 3 N–H and O–H groups in total. The zero-order valence-corrected chi connectivity index (χ0v) is 18.3. The van der Waals surface area contributed by atoms with E-state index < -0.39 is 0 Å². The van der Waals surface area contributed by atoms with Gasteiger partial charge in [0.1, 0.15) is 23.4 Å². The van der Waals surface area contributed by atoms with Crippen LogP contribution in [0.4, 0.5) is 5.95 Å². The second-order valence-electron chi connectivity index (χ2n) is 8.14. The third-order valence-corrected chi connectivity index (χ3v) is 5.85. The molecule has 1 saturated heterocycles. The van der Waals surface area contributed by atoms with Crippen molar-refractivity contribution in [3.05, 3.63) is 57.0 Å². The number of piperidine rings is 1. The van der Waals surface area contributed by atoms with E-state index in [0.717, 1.165) is 19.4 Å². The summed E-state index contributed by atoms with van der Waals surface area (Å²) >= 11 is 0. The summed E-state index contributed by atoms with van der Waals surface area (Å²) < 4.78 is 3.12. The van der Waals surface area contributed by atoms with Crippen LogP contribution in [0, 0.1) is 11.8 Å². The Morgan fingerprint density at radius 1 is 1.21 bits per heavy atom. The van der Waals surface area contributed by atoms with E-state index in [4.69, 9.17) is 10.7 Å². The van der Waals surface area contributed by atoms with E-state index >= 15 is 0 Å². The predicted molar refractivity (Wildman–Crippen MR) is 126 cm³/mol. The maximum atomic E-state index is 13.5. The van der Waals surface area contributed by atoms with Crippen molar-refractivity contribution in [2.75, 3.05) is 18.0 Å². The van der Waals surface area contributed by atoms with Crippen LogP contribution < -0.4 is 21.8 Å². The molecule has 10 heteroatoms. The number of nitrogens with two attached hydrogens (primary N) is 1. The molecule has 33 heavy (non-hydrogen) atoms. The van der Waals surface area contributed by atoms with Gasteiger partial charge in [-0.05, 0) is 31.9 Å². The van der Waals surface area contributed by atoms with Gasteiger partial charge in [-0.2, -0.15) is 5.10 Å². The summed E-state index contributed by atoms with van der Waals surface area (Å²) in [4.78, 5) is 39.9. The number of nitrogens with zero attached hydrogens (tertiary/aromatic N) is 6. The van der Waals surface area contributed by atoms with Gasteiger partial charge in [-0.15, -0.1) is 5.92 Å². The van der Waals surface area contributed by atoms with Crippen molar-refractivity contribution < 1.29 is 0 Å². The molecule has 0 bridgehead atoms. The fourth-order valence-electron chi connectivity index (χ4n) is 4.28. The van der Waals surface area contributed by atoms with Crippen LogP contribution in [0.5, 0.6) is 0 Å². The van der Waals surface area contributed by atoms with Crippen molar-refractivity contribution in [3.8, 4) is 11.8 Å². The molecule has 1 atom stereocenters. The lowest BCUT2D eigenvalue weighted by Crippen LogP contribution is -2.44. The zero-order chi connectivity index (χ0) is 22.9. The largest absolute Gasteiger partial charge is 0.341 e. The maximum Gasteiger partial charge on any atom is 0.293 e. The molecular weight excluding hydrogens is 420 g/mol. The van der Waals surface area contributed by atoms with Crippen molar-refractivity contribution in [2.45, 2.75) is 38.9 Å². The second-order valence-corrected chi connectivity index (χ2v) is 8.14. The summed E-state index contributed by atoms with van der Waals surface area (Å²) in [6.45, 7) is 3.62. The molecule has 0 amide bonds. The van der Waals surface area contributed by atoms with E-state index in [1.54, 1.807) is 31.3 Å². The topological polar surface area (TPSA) is 128 Å². The third-order valence-electron chi connectivity index (χ3n) is 5.85. The van der Waals surface area contributed by atoms with Gasteiger partial charge >= 0.3 is 0 Å². The number of aromatic nitrogens is 6. The standard InChI is InChI=1S/C23H24N8O2/c1-2-3-11-30-20-18(27-23(30)29-10-6-7-15(24)13-29)12-25-31(22(20)33)14-19-26-17-9-5-4-8-16(17)21(32)28-19/h4-5,8-9,12,15H,6-7,10-11,13-14,24H2,1H3,(H,26,28,32)/t15-/m1/s1. The van der Waals surface area contributed by atoms with Gasteiger partial charge in [-0.1, -0.05) is 18.1 Å². The molecule has 3 aromatic heterocycles. The minimum atomic E-state index is -0.318. The highest BCUT2D eigenvalue weighted by Gasteiger charge is 2.24. The molecule has 4 heterocycles. The Hall–Kier alpha value is -3.97. The van der Waals surface area contributed by atoms with Crippen LogP contribution in [0.1, 0.15) is 25.6 Å². The molecule has 5 rings (SSSR count). The predicted octanol–water partition coefficient (Wildman–Crippen LogP) is 0.829.